The van der Waals surface area contributed by atoms with Crippen LogP contribution in [0.25, 0.3) is 16.8 Å². The minimum Gasteiger partial charge on any atom is -0.477 e. The molecule has 0 bridgehead atoms. The first kappa shape index (κ1) is 16.4. The van der Waals surface area contributed by atoms with Crippen LogP contribution in [-0.2, 0) is 7.05 Å². The maximum atomic E-state index is 12.6. The van der Waals surface area contributed by atoms with E-state index >= 15 is 0 Å². The van der Waals surface area contributed by atoms with Gasteiger partial charge in [0, 0.05) is 24.4 Å². The summed E-state index contributed by atoms with van der Waals surface area (Å²) in [5.41, 5.74) is -1.36. The van der Waals surface area contributed by atoms with Gasteiger partial charge in [-0.3, -0.25) is 14.5 Å². The Morgan fingerprint density at radius 2 is 1.96 bits per heavy atom. The summed E-state index contributed by atoms with van der Waals surface area (Å²) >= 11 is 0. The molecule has 0 saturated heterocycles. The number of hydrogen-bond donors (Lipinski definition) is 1. The third-order valence-electron chi connectivity index (χ3n) is 3.45. The summed E-state index contributed by atoms with van der Waals surface area (Å²) in [5, 5.41) is 17.3. The summed E-state index contributed by atoms with van der Waals surface area (Å²) in [6.45, 7) is 0. The SMILES string of the molecule is Cn1cc(-n2ncc(-c3ccc(C(F)F)nc3)c(C(=O)O)c2=O)cn1. The van der Waals surface area contributed by atoms with Gasteiger partial charge in [-0.2, -0.15) is 14.9 Å². The number of carbonyl (C=O) groups is 1. The van der Waals surface area contributed by atoms with E-state index in [1.165, 1.54) is 29.3 Å². The van der Waals surface area contributed by atoms with Crippen LogP contribution in [0.4, 0.5) is 8.78 Å². The zero-order chi connectivity index (χ0) is 18.1. The molecule has 0 saturated carbocycles. The minimum absolute atomic E-state index is 0.00837. The fraction of sp³-hybridized carbons (Fsp3) is 0.133. The molecule has 0 aromatic carbocycles. The number of alkyl halides is 2. The number of aromatic nitrogens is 5. The summed E-state index contributed by atoms with van der Waals surface area (Å²) in [7, 11) is 1.64. The van der Waals surface area contributed by atoms with Crippen molar-refractivity contribution in [3.63, 3.8) is 0 Å². The smallest absolute Gasteiger partial charge is 0.342 e. The molecule has 0 aliphatic carbocycles. The second kappa shape index (κ2) is 6.23. The van der Waals surface area contributed by atoms with Crippen molar-refractivity contribution in [3.05, 3.63) is 58.5 Å². The predicted molar refractivity (Wildman–Crippen MR) is 81.7 cm³/mol. The molecule has 0 spiro atoms. The van der Waals surface area contributed by atoms with E-state index in [1.54, 1.807) is 7.05 Å². The molecular formula is C15H11F2N5O3. The van der Waals surface area contributed by atoms with Gasteiger partial charge in [-0.15, -0.1) is 0 Å². The van der Waals surface area contributed by atoms with Gasteiger partial charge in [-0.1, -0.05) is 6.07 Å². The van der Waals surface area contributed by atoms with E-state index in [4.69, 9.17) is 0 Å². The van der Waals surface area contributed by atoms with Crippen LogP contribution in [0.1, 0.15) is 22.5 Å². The second-order valence-electron chi connectivity index (χ2n) is 5.10. The highest BCUT2D eigenvalue weighted by Gasteiger charge is 2.21. The molecule has 1 N–H and O–H groups in total. The molecule has 8 nitrogen and oxygen atoms in total. The van der Waals surface area contributed by atoms with Crippen LogP contribution in [-0.4, -0.2) is 35.6 Å². The van der Waals surface area contributed by atoms with Crippen LogP contribution in [0.15, 0.2) is 41.7 Å². The first-order chi connectivity index (χ1) is 11.9. The lowest BCUT2D eigenvalue weighted by molar-refractivity contribution is 0.0695. The Hall–Kier alpha value is -3.43. The summed E-state index contributed by atoms with van der Waals surface area (Å²) in [5.74, 6) is -1.46. The molecule has 128 valence electrons. The third kappa shape index (κ3) is 3.01. The van der Waals surface area contributed by atoms with Crippen molar-refractivity contribution in [2.24, 2.45) is 7.05 Å². The Bertz CT molecular complexity index is 995. The lowest BCUT2D eigenvalue weighted by Crippen LogP contribution is -2.28. The van der Waals surface area contributed by atoms with Crippen molar-refractivity contribution < 1.29 is 18.7 Å². The van der Waals surface area contributed by atoms with Gasteiger partial charge in [-0.25, -0.2) is 13.6 Å². The van der Waals surface area contributed by atoms with Gasteiger partial charge in [0.05, 0.1) is 18.6 Å². The molecule has 0 unspecified atom stereocenters. The van der Waals surface area contributed by atoms with E-state index < -0.39 is 29.2 Å². The van der Waals surface area contributed by atoms with Gasteiger partial charge in [0.25, 0.3) is 12.0 Å². The maximum Gasteiger partial charge on any atom is 0.342 e. The molecule has 3 heterocycles. The Morgan fingerprint density at radius 3 is 2.48 bits per heavy atom. The molecule has 0 fully saturated rings. The van der Waals surface area contributed by atoms with Crippen LogP contribution in [0.5, 0.6) is 0 Å². The lowest BCUT2D eigenvalue weighted by Gasteiger charge is -2.08. The predicted octanol–water partition coefficient (Wildman–Crippen LogP) is 1.66. The highest BCUT2D eigenvalue weighted by Crippen LogP contribution is 2.23. The van der Waals surface area contributed by atoms with E-state index in [0.717, 1.165) is 16.9 Å². The molecule has 25 heavy (non-hydrogen) atoms. The molecular weight excluding hydrogens is 336 g/mol. The van der Waals surface area contributed by atoms with Crippen LogP contribution in [0.3, 0.4) is 0 Å². The molecule has 3 aromatic rings. The van der Waals surface area contributed by atoms with E-state index in [1.807, 2.05) is 0 Å². The Kier molecular flexibility index (Phi) is 4.09. The quantitative estimate of drug-likeness (QED) is 0.770. The third-order valence-corrected chi connectivity index (χ3v) is 3.45. The van der Waals surface area contributed by atoms with Gasteiger partial charge >= 0.3 is 5.97 Å². The van der Waals surface area contributed by atoms with Gasteiger partial charge < -0.3 is 5.11 Å². The van der Waals surface area contributed by atoms with Crippen molar-refractivity contribution in [2.45, 2.75) is 6.43 Å². The number of carboxylic acids is 1. The van der Waals surface area contributed by atoms with Gasteiger partial charge in [0.15, 0.2) is 0 Å². The van der Waals surface area contributed by atoms with Crippen molar-refractivity contribution >= 4 is 5.97 Å². The zero-order valence-corrected chi connectivity index (χ0v) is 12.8. The van der Waals surface area contributed by atoms with Crippen LogP contribution >= 0.6 is 0 Å². The Morgan fingerprint density at radius 1 is 1.20 bits per heavy atom. The number of aryl methyl sites for hydroxylation is 1. The second-order valence-corrected chi connectivity index (χ2v) is 5.10. The van der Waals surface area contributed by atoms with Gasteiger partial charge in [0.1, 0.15) is 16.9 Å². The van der Waals surface area contributed by atoms with E-state index in [9.17, 15) is 23.5 Å². The molecule has 0 amide bonds. The first-order valence-electron chi connectivity index (χ1n) is 6.97. The number of rotatable bonds is 4. The molecule has 3 rings (SSSR count). The van der Waals surface area contributed by atoms with Crippen LogP contribution in [0, 0.1) is 0 Å². The first-order valence-corrected chi connectivity index (χ1v) is 6.97. The van der Waals surface area contributed by atoms with Crippen molar-refractivity contribution in [1.29, 1.82) is 0 Å². The van der Waals surface area contributed by atoms with Crippen LogP contribution < -0.4 is 5.56 Å². The van der Waals surface area contributed by atoms with Crippen LogP contribution in [0.2, 0.25) is 0 Å². The maximum absolute atomic E-state index is 12.6. The molecule has 0 aliphatic heterocycles. The topological polar surface area (TPSA) is 103 Å². The van der Waals surface area contributed by atoms with Gasteiger partial charge in [-0.05, 0) is 6.07 Å². The Labute approximate surface area is 139 Å². The monoisotopic (exact) mass is 347 g/mol. The average molecular weight is 347 g/mol. The standard InChI is InChI=1S/C15H11F2N5O3/c1-21-7-9(5-19-21)22-14(23)12(15(24)25)10(6-20-22)8-2-3-11(13(16)17)18-4-8/h2-7,13H,1H3,(H,24,25). The van der Waals surface area contributed by atoms with Crippen molar-refractivity contribution in [1.82, 2.24) is 24.5 Å². The molecule has 0 radical (unpaired) electrons. The number of carboxylic acid groups (broad SMARTS) is 1. The van der Waals surface area contributed by atoms with E-state index in [0.29, 0.717) is 5.69 Å². The number of nitrogens with zero attached hydrogens (tertiary/aromatic N) is 5. The summed E-state index contributed by atoms with van der Waals surface area (Å²) in [6, 6.07) is 2.34. The number of pyridine rings is 1. The highest BCUT2D eigenvalue weighted by atomic mass is 19.3. The summed E-state index contributed by atoms with van der Waals surface area (Å²) in [4.78, 5) is 27.7. The summed E-state index contributed by atoms with van der Waals surface area (Å²) in [6.07, 6.45) is 2.37. The van der Waals surface area contributed by atoms with Gasteiger partial charge in [0.2, 0.25) is 0 Å². The van der Waals surface area contributed by atoms with Crippen molar-refractivity contribution in [2.75, 3.05) is 0 Å². The Balaban J connectivity index is 2.16. The number of aromatic carboxylic acids is 1. The minimum atomic E-state index is -2.75. The number of halogens is 2. The molecule has 0 aliphatic rings. The average Bonchev–Trinajstić information content (AvgIpc) is 3.00. The molecule has 3 aromatic heterocycles. The summed E-state index contributed by atoms with van der Waals surface area (Å²) < 4.78 is 27.5. The largest absolute Gasteiger partial charge is 0.477 e. The zero-order valence-electron chi connectivity index (χ0n) is 12.8. The fourth-order valence-corrected chi connectivity index (χ4v) is 2.27. The van der Waals surface area contributed by atoms with Crippen molar-refractivity contribution in [3.8, 4) is 16.8 Å². The highest BCUT2D eigenvalue weighted by molar-refractivity contribution is 5.95. The number of hydrogen-bond acceptors (Lipinski definition) is 5. The fourth-order valence-electron chi connectivity index (χ4n) is 2.27. The van der Waals surface area contributed by atoms with E-state index in [2.05, 4.69) is 15.2 Å². The lowest BCUT2D eigenvalue weighted by atomic mass is 10.0. The van der Waals surface area contributed by atoms with E-state index in [-0.39, 0.29) is 11.1 Å². The molecule has 10 heteroatoms. The normalized spacial score (nSPS) is 11.0. The molecule has 0 atom stereocenters.